The monoisotopic (exact) mass is 544 g/mol. The first-order chi connectivity index (χ1) is 18.5. The van der Waals surface area contributed by atoms with Crippen LogP contribution in [0.3, 0.4) is 0 Å². The quantitative estimate of drug-likeness (QED) is 0.0797. The maximum atomic E-state index is 12.9. The number of fused-ring (bicyclic) bond motifs is 1. The molecule has 4 amide bonds. The van der Waals surface area contributed by atoms with E-state index in [-0.39, 0.29) is 25.0 Å². The van der Waals surface area contributed by atoms with Crippen molar-refractivity contribution >= 4 is 46.6 Å². The fourth-order valence-corrected chi connectivity index (χ4v) is 4.30. The maximum absolute atomic E-state index is 12.9. The summed E-state index contributed by atoms with van der Waals surface area (Å²) >= 11 is 0. The van der Waals surface area contributed by atoms with Crippen molar-refractivity contribution in [1.29, 1.82) is 0 Å². The Morgan fingerprint density at radius 1 is 1.13 bits per heavy atom. The lowest BCUT2D eigenvalue weighted by Gasteiger charge is -2.22. The van der Waals surface area contributed by atoms with Gasteiger partial charge >= 0.3 is 18.0 Å². The number of carbonyl (C=O) groups is 5. The number of amides is 4. The topological polar surface area (TPSA) is 245 Å². The number of aliphatic imine (C=N–C) groups is 1. The molecular weight excluding hydrogens is 512 g/mol. The van der Waals surface area contributed by atoms with Crippen molar-refractivity contribution in [3.63, 3.8) is 0 Å². The second kappa shape index (κ2) is 13.1. The number of urea groups is 1. The number of carbonyl (C=O) groups excluding carboxylic acids is 3. The molecule has 1 saturated heterocycles. The van der Waals surface area contributed by atoms with Crippen molar-refractivity contribution in [1.82, 2.24) is 25.8 Å². The van der Waals surface area contributed by atoms with Gasteiger partial charge in [-0.15, -0.1) is 0 Å². The highest BCUT2D eigenvalue weighted by Crippen LogP contribution is 2.19. The van der Waals surface area contributed by atoms with Gasteiger partial charge in [-0.05, 0) is 24.5 Å². The minimum Gasteiger partial charge on any atom is -0.481 e. The molecule has 0 spiro atoms. The van der Waals surface area contributed by atoms with E-state index < -0.39 is 54.8 Å². The third-order valence-corrected chi connectivity index (χ3v) is 6.14. The molecule has 1 aliphatic heterocycles. The van der Waals surface area contributed by atoms with Crippen LogP contribution in [0.5, 0.6) is 0 Å². The van der Waals surface area contributed by atoms with Crippen LogP contribution in [0, 0.1) is 0 Å². The molecule has 15 heteroatoms. The van der Waals surface area contributed by atoms with E-state index in [4.69, 9.17) is 11.5 Å². The van der Waals surface area contributed by atoms with Gasteiger partial charge < -0.3 is 47.5 Å². The molecular formula is C24H32N8O7. The Kier molecular flexibility index (Phi) is 9.67. The van der Waals surface area contributed by atoms with Crippen molar-refractivity contribution < 1.29 is 34.2 Å². The summed E-state index contributed by atoms with van der Waals surface area (Å²) in [7, 11) is 0. The number of guanidine groups is 1. The number of benzene rings is 1. The van der Waals surface area contributed by atoms with Gasteiger partial charge in [-0.3, -0.25) is 19.4 Å². The number of hydrogen-bond donors (Lipinski definition) is 8. The van der Waals surface area contributed by atoms with Gasteiger partial charge in [-0.2, -0.15) is 0 Å². The maximum Gasteiger partial charge on any atom is 0.326 e. The number of nitrogens with two attached hydrogens (primary N) is 2. The molecule has 1 aromatic carbocycles. The second-order valence-electron chi connectivity index (χ2n) is 9.16. The number of aromatic nitrogens is 1. The van der Waals surface area contributed by atoms with Crippen LogP contribution >= 0.6 is 0 Å². The zero-order valence-corrected chi connectivity index (χ0v) is 21.1. The number of H-pyrrole nitrogens is 1. The summed E-state index contributed by atoms with van der Waals surface area (Å²) in [4.78, 5) is 69.2. The number of carboxylic acid groups (broad SMARTS) is 2. The number of nitrogens with one attached hydrogen (secondary N) is 4. The Bertz CT molecular complexity index is 1260. The van der Waals surface area contributed by atoms with Gasteiger partial charge in [-0.1, -0.05) is 18.2 Å². The summed E-state index contributed by atoms with van der Waals surface area (Å²) in [6.07, 6.45) is 1.96. The Labute approximate surface area is 223 Å². The number of rotatable bonds is 14. The highest BCUT2D eigenvalue weighted by molar-refractivity contribution is 5.94. The smallest absolute Gasteiger partial charge is 0.326 e. The van der Waals surface area contributed by atoms with E-state index in [0.717, 1.165) is 10.9 Å². The predicted molar refractivity (Wildman–Crippen MR) is 140 cm³/mol. The zero-order valence-electron chi connectivity index (χ0n) is 21.1. The Morgan fingerprint density at radius 2 is 1.87 bits per heavy atom. The van der Waals surface area contributed by atoms with E-state index in [2.05, 4.69) is 25.9 Å². The van der Waals surface area contributed by atoms with Gasteiger partial charge in [0.1, 0.15) is 18.6 Å². The highest BCUT2D eigenvalue weighted by Gasteiger charge is 2.32. The molecule has 2 aromatic rings. The average Bonchev–Trinajstić information content (AvgIpc) is 3.43. The fraction of sp³-hybridized carbons (Fsp3) is 0.417. The molecule has 1 aliphatic rings. The Hall–Kier alpha value is -4.82. The summed E-state index contributed by atoms with van der Waals surface area (Å²) in [6, 6.07) is 3.58. The predicted octanol–water partition coefficient (Wildman–Crippen LogP) is -1.31. The highest BCUT2D eigenvalue weighted by atomic mass is 16.4. The number of hydrogen-bond acceptors (Lipinski definition) is 6. The van der Waals surface area contributed by atoms with E-state index in [1.165, 1.54) is 4.90 Å². The van der Waals surface area contributed by atoms with E-state index in [0.29, 0.717) is 24.9 Å². The van der Waals surface area contributed by atoms with Crippen molar-refractivity contribution in [2.45, 2.75) is 43.8 Å². The SMILES string of the molecule is NC(N)=NCCC[C@H]1CN(CC(=O)N[C@@H](CC(=O)O)C(=O)N[C@@H](Cc2c[nH]c3ccccc23)C(=O)O)C(=O)N1. The van der Waals surface area contributed by atoms with Crippen LogP contribution in [0.4, 0.5) is 4.79 Å². The molecule has 3 atom stereocenters. The largest absolute Gasteiger partial charge is 0.481 e. The molecule has 0 radical (unpaired) electrons. The van der Waals surface area contributed by atoms with Crippen LogP contribution in [0.2, 0.25) is 0 Å². The molecule has 10 N–H and O–H groups in total. The van der Waals surface area contributed by atoms with Crippen molar-refractivity contribution in [2.24, 2.45) is 16.5 Å². The van der Waals surface area contributed by atoms with Crippen LogP contribution in [0.25, 0.3) is 10.9 Å². The second-order valence-corrected chi connectivity index (χ2v) is 9.16. The Morgan fingerprint density at radius 3 is 2.56 bits per heavy atom. The van der Waals surface area contributed by atoms with Gasteiger partial charge in [0.25, 0.3) is 0 Å². The van der Waals surface area contributed by atoms with E-state index in [1.807, 2.05) is 12.1 Å². The average molecular weight is 545 g/mol. The van der Waals surface area contributed by atoms with E-state index in [9.17, 15) is 34.2 Å². The minimum absolute atomic E-state index is 0.0312. The number of carboxylic acids is 2. The summed E-state index contributed by atoms with van der Waals surface area (Å²) < 4.78 is 0. The van der Waals surface area contributed by atoms with Crippen LogP contribution in [0.15, 0.2) is 35.5 Å². The first-order valence-electron chi connectivity index (χ1n) is 12.2. The van der Waals surface area contributed by atoms with Crippen LogP contribution < -0.4 is 27.4 Å². The molecule has 0 aliphatic carbocycles. The summed E-state index contributed by atoms with van der Waals surface area (Å²) in [5, 5.41) is 27.1. The van der Waals surface area contributed by atoms with Gasteiger partial charge in [0, 0.05) is 42.7 Å². The van der Waals surface area contributed by atoms with E-state index >= 15 is 0 Å². The first kappa shape index (κ1) is 28.7. The lowest BCUT2D eigenvalue weighted by Crippen LogP contribution is -2.54. The van der Waals surface area contributed by atoms with Gasteiger partial charge in [0.15, 0.2) is 5.96 Å². The lowest BCUT2D eigenvalue weighted by molar-refractivity contribution is -0.143. The lowest BCUT2D eigenvalue weighted by atomic mass is 10.0. The summed E-state index contributed by atoms with van der Waals surface area (Å²) in [5.74, 6) is -4.47. The molecule has 0 saturated carbocycles. The minimum atomic E-state index is -1.55. The number of para-hydroxylation sites is 1. The normalized spacial score (nSPS) is 16.3. The van der Waals surface area contributed by atoms with Crippen LogP contribution in [-0.4, -0.2) is 93.6 Å². The van der Waals surface area contributed by atoms with Crippen molar-refractivity contribution in [2.75, 3.05) is 19.6 Å². The van der Waals surface area contributed by atoms with Crippen molar-refractivity contribution in [3.05, 3.63) is 36.0 Å². The zero-order chi connectivity index (χ0) is 28.5. The van der Waals surface area contributed by atoms with Crippen LogP contribution in [0.1, 0.15) is 24.8 Å². The number of nitrogens with zero attached hydrogens (tertiary/aromatic N) is 2. The molecule has 1 aromatic heterocycles. The molecule has 0 unspecified atom stereocenters. The van der Waals surface area contributed by atoms with Crippen LogP contribution in [-0.2, 0) is 25.6 Å². The van der Waals surface area contributed by atoms with Gasteiger partial charge in [0.05, 0.1) is 6.42 Å². The molecule has 0 bridgehead atoms. The summed E-state index contributed by atoms with van der Waals surface area (Å²) in [6.45, 7) is 0.186. The van der Waals surface area contributed by atoms with Gasteiger partial charge in [-0.25, -0.2) is 9.59 Å². The van der Waals surface area contributed by atoms with E-state index in [1.54, 1.807) is 18.3 Å². The fourth-order valence-electron chi connectivity index (χ4n) is 4.30. The third-order valence-electron chi connectivity index (χ3n) is 6.14. The summed E-state index contributed by atoms with van der Waals surface area (Å²) in [5.41, 5.74) is 12.0. The van der Waals surface area contributed by atoms with Crippen molar-refractivity contribution in [3.8, 4) is 0 Å². The molecule has 3 rings (SSSR count). The molecule has 39 heavy (non-hydrogen) atoms. The molecule has 210 valence electrons. The molecule has 15 nitrogen and oxygen atoms in total. The number of aromatic amines is 1. The molecule has 2 heterocycles. The Balaban J connectivity index is 1.58. The van der Waals surface area contributed by atoms with Gasteiger partial charge in [0.2, 0.25) is 11.8 Å². The molecule has 1 fully saturated rings. The number of aliphatic carboxylic acids is 2. The standard InChI is InChI=1S/C24H32N8O7/c25-23(26)27-7-3-4-14-11-32(24(39)29-14)12-19(33)30-17(9-20(34)35)21(36)31-18(22(37)38)8-13-10-28-16-6-2-1-5-15(13)16/h1-2,5-6,10,14,17-18,28H,3-4,7-9,11-12H2,(H,29,39)(H,30,33)(H,31,36)(H,34,35)(H,37,38)(H4,25,26,27)/t14-,17-,18-/m0/s1. The third kappa shape index (κ3) is 8.34. The first-order valence-corrected chi connectivity index (χ1v) is 12.2.